The summed E-state index contributed by atoms with van der Waals surface area (Å²) in [6, 6.07) is 9.07. The van der Waals surface area contributed by atoms with E-state index in [0.717, 1.165) is 43.0 Å². The molecular formula is C19H19N3O. The average Bonchev–Trinajstić information content (AvgIpc) is 3.14. The van der Waals surface area contributed by atoms with E-state index in [1.165, 1.54) is 28.5 Å². The van der Waals surface area contributed by atoms with Gasteiger partial charge in [0, 0.05) is 29.0 Å². The second-order valence-electron chi connectivity index (χ2n) is 6.53. The Morgan fingerprint density at radius 3 is 2.83 bits per heavy atom. The Morgan fingerprint density at radius 2 is 2.00 bits per heavy atom. The number of aromatic nitrogens is 2. The number of pyridine rings is 1. The monoisotopic (exact) mass is 305 g/mol. The summed E-state index contributed by atoms with van der Waals surface area (Å²) in [4.78, 5) is 4.60. The molecule has 0 atom stereocenters. The summed E-state index contributed by atoms with van der Waals surface area (Å²) in [7, 11) is 0. The highest BCUT2D eigenvalue weighted by atomic mass is 16.5. The van der Waals surface area contributed by atoms with Crippen LogP contribution in [0.25, 0.3) is 22.2 Å². The van der Waals surface area contributed by atoms with Gasteiger partial charge in [0.1, 0.15) is 5.65 Å². The van der Waals surface area contributed by atoms with Crippen LogP contribution in [0.1, 0.15) is 23.6 Å². The Kier molecular flexibility index (Phi) is 2.76. The van der Waals surface area contributed by atoms with Gasteiger partial charge in [-0.05, 0) is 48.1 Å². The molecule has 5 rings (SSSR count). The molecule has 1 aliphatic carbocycles. The van der Waals surface area contributed by atoms with Crippen LogP contribution < -0.4 is 5.73 Å². The average molecular weight is 305 g/mol. The number of ether oxygens (including phenoxy) is 1. The van der Waals surface area contributed by atoms with Gasteiger partial charge in [-0.3, -0.25) is 0 Å². The molecule has 0 saturated carbocycles. The highest BCUT2D eigenvalue weighted by Gasteiger charge is 2.23. The maximum absolute atomic E-state index is 6.51. The number of benzene rings is 1. The van der Waals surface area contributed by atoms with Gasteiger partial charge in [-0.1, -0.05) is 12.1 Å². The van der Waals surface area contributed by atoms with Gasteiger partial charge in [-0.25, -0.2) is 4.98 Å². The molecule has 1 fully saturated rings. The van der Waals surface area contributed by atoms with Crippen molar-refractivity contribution in [1.82, 2.24) is 9.55 Å². The molecule has 4 heteroatoms. The Labute approximate surface area is 134 Å². The topological polar surface area (TPSA) is 53.1 Å². The van der Waals surface area contributed by atoms with E-state index in [9.17, 15) is 0 Å². The van der Waals surface area contributed by atoms with Crippen LogP contribution in [0.2, 0.25) is 0 Å². The van der Waals surface area contributed by atoms with Crippen LogP contribution in [0.15, 0.2) is 36.7 Å². The molecule has 1 aliphatic heterocycles. The Morgan fingerprint density at radius 1 is 1.09 bits per heavy atom. The minimum absolute atomic E-state index is 0.410. The van der Waals surface area contributed by atoms with E-state index in [1.54, 1.807) is 0 Å². The van der Waals surface area contributed by atoms with Gasteiger partial charge in [0.25, 0.3) is 0 Å². The van der Waals surface area contributed by atoms with E-state index in [1.807, 2.05) is 6.20 Å². The van der Waals surface area contributed by atoms with E-state index in [-0.39, 0.29) is 0 Å². The lowest BCUT2D eigenvalue weighted by atomic mass is 9.96. The van der Waals surface area contributed by atoms with Gasteiger partial charge < -0.3 is 15.0 Å². The molecule has 2 aliphatic rings. The molecule has 2 N–H and O–H groups in total. The molecule has 23 heavy (non-hydrogen) atoms. The van der Waals surface area contributed by atoms with E-state index >= 15 is 0 Å². The summed E-state index contributed by atoms with van der Waals surface area (Å²) in [6.45, 7) is 1.55. The van der Waals surface area contributed by atoms with Crippen molar-refractivity contribution >= 4 is 16.7 Å². The van der Waals surface area contributed by atoms with E-state index in [4.69, 9.17) is 10.5 Å². The van der Waals surface area contributed by atoms with Gasteiger partial charge in [0.15, 0.2) is 0 Å². The van der Waals surface area contributed by atoms with Gasteiger partial charge in [0.2, 0.25) is 0 Å². The predicted molar refractivity (Wildman–Crippen MR) is 91.5 cm³/mol. The minimum atomic E-state index is 0.410. The van der Waals surface area contributed by atoms with Gasteiger partial charge in [0.05, 0.1) is 19.3 Å². The molecule has 116 valence electrons. The highest BCUT2D eigenvalue weighted by Crippen LogP contribution is 2.38. The second kappa shape index (κ2) is 4.83. The fourth-order valence-corrected chi connectivity index (χ4v) is 3.90. The third kappa shape index (κ3) is 1.85. The first-order valence-corrected chi connectivity index (χ1v) is 8.27. The number of nitrogen functional groups attached to an aromatic ring is 1. The maximum atomic E-state index is 6.51. The predicted octanol–water partition coefficient (Wildman–Crippen LogP) is 3.35. The van der Waals surface area contributed by atoms with Crippen LogP contribution in [0.5, 0.6) is 0 Å². The maximum Gasteiger partial charge on any atom is 0.140 e. The van der Waals surface area contributed by atoms with Gasteiger partial charge >= 0.3 is 0 Å². The summed E-state index contributed by atoms with van der Waals surface area (Å²) >= 11 is 0. The summed E-state index contributed by atoms with van der Waals surface area (Å²) in [5.41, 5.74) is 13.6. The molecule has 2 aromatic heterocycles. The number of hydrogen-bond donors (Lipinski definition) is 1. The van der Waals surface area contributed by atoms with Gasteiger partial charge in [-0.15, -0.1) is 0 Å². The van der Waals surface area contributed by atoms with Crippen molar-refractivity contribution in [3.05, 3.63) is 47.8 Å². The number of nitrogens with zero attached hydrogens (tertiary/aromatic N) is 2. The molecule has 3 heterocycles. The smallest absolute Gasteiger partial charge is 0.140 e. The molecule has 1 saturated heterocycles. The summed E-state index contributed by atoms with van der Waals surface area (Å²) in [6.07, 6.45) is 7.48. The van der Waals surface area contributed by atoms with E-state index in [2.05, 4.69) is 40.0 Å². The standard InChI is InChI=1S/C19H19N3O/c20-18-14-3-1-2-12(14)4-5-16(18)15-6-8-21-19-17(15)7-9-22(19)13-10-23-11-13/h4-9,13H,1-3,10-11,20H2. The van der Waals surface area contributed by atoms with Crippen LogP contribution in [0.4, 0.5) is 5.69 Å². The fourth-order valence-electron chi connectivity index (χ4n) is 3.90. The SMILES string of the molecule is Nc1c(-c2ccnc3c2ccn3C2COC2)ccc2c1CCC2. The lowest BCUT2D eigenvalue weighted by Crippen LogP contribution is -2.30. The lowest BCUT2D eigenvalue weighted by Gasteiger charge is -2.27. The number of hydrogen-bond acceptors (Lipinski definition) is 3. The minimum Gasteiger partial charge on any atom is -0.398 e. The third-order valence-corrected chi connectivity index (χ3v) is 5.25. The molecule has 1 aromatic carbocycles. The zero-order chi connectivity index (χ0) is 15.4. The molecule has 3 aromatic rings. The van der Waals surface area contributed by atoms with Crippen LogP contribution in [0.3, 0.4) is 0 Å². The molecular weight excluding hydrogens is 286 g/mol. The number of aryl methyl sites for hydroxylation is 1. The number of rotatable bonds is 2. The Hall–Kier alpha value is -2.33. The normalized spacial score (nSPS) is 17.4. The summed E-state index contributed by atoms with van der Waals surface area (Å²) in [5.74, 6) is 0. The van der Waals surface area contributed by atoms with Crippen molar-refractivity contribution in [1.29, 1.82) is 0 Å². The Balaban J connectivity index is 1.70. The van der Waals surface area contributed by atoms with E-state index < -0.39 is 0 Å². The van der Waals surface area contributed by atoms with Crippen LogP contribution in [0, 0.1) is 0 Å². The fraction of sp³-hybridized carbons (Fsp3) is 0.316. The second-order valence-corrected chi connectivity index (χ2v) is 6.53. The van der Waals surface area contributed by atoms with Crippen LogP contribution >= 0.6 is 0 Å². The highest BCUT2D eigenvalue weighted by molar-refractivity contribution is 5.97. The quantitative estimate of drug-likeness (QED) is 0.739. The van der Waals surface area contributed by atoms with Crippen molar-refractivity contribution < 1.29 is 4.74 Å². The van der Waals surface area contributed by atoms with E-state index in [0.29, 0.717) is 6.04 Å². The largest absolute Gasteiger partial charge is 0.398 e. The zero-order valence-corrected chi connectivity index (χ0v) is 13.0. The van der Waals surface area contributed by atoms with Crippen molar-refractivity contribution in [2.45, 2.75) is 25.3 Å². The van der Waals surface area contributed by atoms with Crippen LogP contribution in [-0.4, -0.2) is 22.8 Å². The molecule has 4 nitrogen and oxygen atoms in total. The number of anilines is 1. The molecule has 0 radical (unpaired) electrons. The van der Waals surface area contributed by atoms with Crippen molar-refractivity contribution in [2.24, 2.45) is 0 Å². The lowest BCUT2D eigenvalue weighted by molar-refractivity contribution is -0.0216. The number of fused-ring (bicyclic) bond motifs is 2. The first-order valence-electron chi connectivity index (χ1n) is 8.27. The summed E-state index contributed by atoms with van der Waals surface area (Å²) < 4.78 is 7.55. The van der Waals surface area contributed by atoms with Crippen LogP contribution in [-0.2, 0) is 17.6 Å². The molecule has 0 amide bonds. The molecule has 0 bridgehead atoms. The van der Waals surface area contributed by atoms with Crippen molar-refractivity contribution in [3.8, 4) is 11.1 Å². The molecule has 0 spiro atoms. The number of nitrogens with two attached hydrogens (primary N) is 1. The Bertz CT molecular complexity index is 908. The first kappa shape index (κ1) is 13.1. The zero-order valence-electron chi connectivity index (χ0n) is 13.0. The third-order valence-electron chi connectivity index (χ3n) is 5.25. The summed E-state index contributed by atoms with van der Waals surface area (Å²) in [5, 5.41) is 1.17. The first-order chi connectivity index (χ1) is 11.3. The molecule has 0 unspecified atom stereocenters. The van der Waals surface area contributed by atoms with Gasteiger partial charge in [-0.2, -0.15) is 0 Å². The van der Waals surface area contributed by atoms with Crippen molar-refractivity contribution in [3.63, 3.8) is 0 Å². The van der Waals surface area contributed by atoms with Crippen molar-refractivity contribution in [2.75, 3.05) is 18.9 Å².